The quantitative estimate of drug-likeness (QED) is 0.862. The maximum Gasteiger partial charge on any atom is 0.125 e. The second-order valence-corrected chi connectivity index (χ2v) is 6.12. The number of piperidine rings is 1. The summed E-state index contributed by atoms with van der Waals surface area (Å²) in [5.74, 6) is -0.251. The van der Waals surface area contributed by atoms with E-state index in [0.717, 1.165) is 25.2 Å². The van der Waals surface area contributed by atoms with E-state index in [1.54, 1.807) is 0 Å². The third-order valence-corrected chi connectivity index (χ3v) is 4.66. The van der Waals surface area contributed by atoms with Crippen molar-refractivity contribution in [1.29, 1.82) is 0 Å². The topological polar surface area (TPSA) is 32.5 Å². The van der Waals surface area contributed by atoms with Gasteiger partial charge in [0.25, 0.3) is 0 Å². The van der Waals surface area contributed by atoms with Crippen molar-refractivity contribution < 1.29 is 4.39 Å². The summed E-state index contributed by atoms with van der Waals surface area (Å²) >= 11 is 0. The number of hydrogen-bond acceptors (Lipinski definition) is 3. The second-order valence-electron chi connectivity index (χ2n) is 6.12. The molecule has 20 heavy (non-hydrogen) atoms. The molecule has 0 amide bonds. The van der Waals surface area contributed by atoms with Crippen LogP contribution in [0, 0.1) is 5.82 Å². The fraction of sp³-hybridized carbons (Fsp3) is 0.625. The Morgan fingerprint density at radius 2 is 1.95 bits per heavy atom. The fourth-order valence-electron chi connectivity index (χ4n) is 3.49. The number of halogens is 1. The molecule has 0 aliphatic carbocycles. The molecule has 1 aromatic carbocycles. The molecule has 3 rings (SSSR count). The van der Waals surface area contributed by atoms with Crippen LogP contribution in [0.25, 0.3) is 0 Å². The molecule has 2 N–H and O–H groups in total. The Balaban J connectivity index is 1.57. The van der Waals surface area contributed by atoms with Crippen LogP contribution < -0.4 is 5.73 Å². The predicted molar refractivity (Wildman–Crippen MR) is 79.9 cm³/mol. The molecule has 2 saturated heterocycles. The number of nitrogen functional groups attached to an aromatic ring is 1. The molecule has 3 nitrogen and oxygen atoms in total. The van der Waals surface area contributed by atoms with E-state index in [-0.39, 0.29) is 5.82 Å². The number of anilines is 1. The van der Waals surface area contributed by atoms with Crippen LogP contribution in [0.3, 0.4) is 0 Å². The van der Waals surface area contributed by atoms with Gasteiger partial charge in [-0.1, -0.05) is 12.5 Å². The lowest BCUT2D eigenvalue weighted by atomic mass is 10.1. The highest BCUT2D eigenvalue weighted by Gasteiger charge is 2.28. The number of likely N-dealkylation sites (tertiary alicyclic amines) is 2. The van der Waals surface area contributed by atoms with Gasteiger partial charge in [0.05, 0.1) is 0 Å². The van der Waals surface area contributed by atoms with E-state index in [1.165, 1.54) is 50.9 Å². The van der Waals surface area contributed by atoms with E-state index in [4.69, 9.17) is 5.73 Å². The smallest absolute Gasteiger partial charge is 0.125 e. The number of benzene rings is 1. The van der Waals surface area contributed by atoms with Crippen LogP contribution in [-0.2, 0) is 6.54 Å². The lowest BCUT2D eigenvalue weighted by Gasteiger charge is -2.32. The Labute approximate surface area is 120 Å². The van der Waals surface area contributed by atoms with Gasteiger partial charge in [-0.2, -0.15) is 0 Å². The standard InChI is InChI=1S/C16H24FN3/c17-14-5-4-13(16(18)10-14)11-19-9-6-15(12-19)20-7-2-1-3-8-20/h4-5,10,15H,1-3,6-9,11-12,18H2. The van der Waals surface area contributed by atoms with Crippen molar-refractivity contribution in [3.8, 4) is 0 Å². The molecule has 2 heterocycles. The monoisotopic (exact) mass is 277 g/mol. The molecule has 0 aromatic heterocycles. The molecular formula is C16H24FN3. The summed E-state index contributed by atoms with van der Waals surface area (Å²) in [6.45, 7) is 5.61. The van der Waals surface area contributed by atoms with E-state index >= 15 is 0 Å². The average molecular weight is 277 g/mol. The molecule has 2 fully saturated rings. The first kappa shape index (κ1) is 13.8. The van der Waals surface area contributed by atoms with Gasteiger partial charge in [-0.3, -0.25) is 9.80 Å². The van der Waals surface area contributed by atoms with E-state index < -0.39 is 0 Å². The number of nitrogens with two attached hydrogens (primary N) is 1. The third kappa shape index (κ3) is 3.13. The molecule has 4 heteroatoms. The Morgan fingerprint density at radius 1 is 1.15 bits per heavy atom. The van der Waals surface area contributed by atoms with Gasteiger partial charge < -0.3 is 5.73 Å². The van der Waals surface area contributed by atoms with Gasteiger partial charge in [0.15, 0.2) is 0 Å². The van der Waals surface area contributed by atoms with Crippen LogP contribution in [0.4, 0.5) is 10.1 Å². The maximum absolute atomic E-state index is 13.1. The summed E-state index contributed by atoms with van der Waals surface area (Å²) in [5.41, 5.74) is 7.52. The fourth-order valence-corrected chi connectivity index (χ4v) is 3.49. The van der Waals surface area contributed by atoms with Crippen LogP contribution in [0.2, 0.25) is 0 Å². The van der Waals surface area contributed by atoms with Gasteiger partial charge >= 0.3 is 0 Å². The first-order chi connectivity index (χ1) is 9.72. The minimum atomic E-state index is -0.251. The largest absolute Gasteiger partial charge is 0.398 e. The summed E-state index contributed by atoms with van der Waals surface area (Å²) in [6, 6.07) is 5.45. The minimum Gasteiger partial charge on any atom is -0.398 e. The zero-order valence-corrected chi connectivity index (χ0v) is 12.0. The van der Waals surface area contributed by atoms with Crippen molar-refractivity contribution in [2.24, 2.45) is 0 Å². The first-order valence-electron chi connectivity index (χ1n) is 7.73. The van der Waals surface area contributed by atoms with Gasteiger partial charge in [-0.25, -0.2) is 4.39 Å². The highest BCUT2D eigenvalue weighted by molar-refractivity contribution is 5.46. The van der Waals surface area contributed by atoms with Crippen LogP contribution in [0.15, 0.2) is 18.2 Å². The van der Waals surface area contributed by atoms with Crippen molar-refractivity contribution in [3.63, 3.8) is 0 Å². The zero-order chi connectivity index (χ0) is 13.9. The minimum absolute atomic E-state index is 0.251. The Bertz CT molecular complexity index is 457. The van der Waals surface area contributed by atoms with Crippen molar-refractivity contribution in [3.05, 3.63) is 29.6 Å². The maximum atomic E-state index is 13.1. The first-order valence-corrected chi connectivity index (χ1v) is 7.73. The lowest BCUT2D eigenvalue weighted by Crippen LogP contribution is -2.40. The van der Waals surface area contributed by atoms with Gasteiger partial charge in [-0.15, -0.1) is 0 Å². The molecule has 2 aliphatic rings. The predicted octanol–water partition coefficient (Wildman–Crippen LogP) is 2.47. The highest BCUT2D eigenvalue weighted by atomic mass is 19.1. The van der Waals surface area contributed by atoms with E-state index in [0.29, 0.717) is 11.7 Å². The van der Waals surface area contributed by atoms with Gasteiger partial charge in [0.2, 0.25) is 0 Å². The Kier molecular flexibility index (Phi) is 4.22. The number of hydrogen-bond donors (Lipinski definition) is 1. The lowest BCUT2D eigenvalue weighted by molar-refractivity contribution is 0.161. The van der Waals surface area contributed by atoms with Crippen molar-refractivity contribution in [2.45, 2.75) is 38.3 Å². The van der Waals surface area contributed by atoms with E-state index in [1.807, 2.05) is 6.07 Å². The normalized spacial score (nSPS) is 25.1. The summed E-state index contributed by atoms with van der Waals surface area (Å²) < 4.78 is 13.1. The van der Waals surface area contributed by atoms with E-state index in [2.05, 4.69) is 9.80 Å². The molecule has 1 atom stereocenters. The second kappa shape index (κ2) is 6.10. The summed E-state index contributed by atoms with van der Waals surface area (Å²) in [5, 5.41) is 0. The third-order valence-electron chi connectivity index (χ3n) is 4.66. The summed E-state index contributed by atoms with van der Waals surface area (Å²) in [6.07, 6.45) is 5.34. The van der Waals surface area contributed by atoms with Crippen molar-refractivity contribution >= 4 is 5.69 Å². The van der Waals surface area contributed by atoms with Crippen LogP contribution in [-0.4, -0.2) is 42.0 Å². The molecule has 0 saturated carbocycles. The summed E-state index contributed by atoms with van der Waals surface area (Å²) in [7, 11) is 0. The molecule has 110 valence electrons. The highest BCUT2D eigenvalue weighted by Crippen LogP contribution is 2.23. The molecule has 2 aliphatic heterocycles. The molecule has 0 spiro atoms. The molecule has 0 radical (unpaired) electrons. The van der Waals surface area contributed by atoms with Crippen molar-refractivity contribution in [2.75, 3.05) is 31.9 Å². The number of rotatable bonds is 3. The van der Waals surface area contributed by atoms with Crippen molar-refractivity contribution in [1.82, 2.24) is 9.80 Å². The molecule has 0 bridgehead atoms. The SMILES string of the molecule is Nc1cc(F)ccc1CN1CCC(N2CCCCC2)C1. The zero-order valence-electron chi connectivity index (χ0n) is 12.0. The van der Waals surface area contributed by atoms with Gasteiger partial charge in [-0.05, 0) is 50.0 Å². The molecule has 1 unspecified atom stereocenters. The Morgan fingerprint density at radius 3 is 2.70 bits per heavy atom. The van der Waals surface area contributed by atoms with E-state index in [9.17, 15) is 4.39 Å². The van der Waals surface area contributed by atoms with Crippen LogP contribution >= 0.6 is 0 Å². The Hall–Kier alpha value is -1.13. The van der Waals surface area contributed by atoms with Gasteiger partial charge in [0, 0.05) is 31.4 Å². The molecule has 1 aromatic rings. The molecular weight excluding hydrogens is 253 g/mol. The average Bonchev–Trinajstić information content (AvgIpc) is 2.92. The number of nitrogens with zero attached hydrogens (tertiary/aromatic N) is 2. The van der Waals surface area contributed by atoms with Gasteiger partial charge in [0.1, 0.15) is 5.82 Å². The van der Waals surface area contributed by atoms with Crippen LogP contribution in [0.1, 0.15) is 31.2 Å². The summed E-state index contributed by atoms with van der Waals surface area (Å²) in [4.78, 5) is 5.10. The van der Waals surface area contributed by atoms with Crippen LogP contribution in [0.5, 0.6) is 0 Å².